The summed E-state index contributed by atoms with van der Waals surface area (Å²) >= 11 is 1.60. The van der Waals surface area contributed by atoms with Gasteiger partial charge in [-0.05, 0) is 25.0 Å². The van der Waals surface area contributed by atoms with E-state index in [0.717, 1.165) is 28.4 Å². The van der Waals surface area contributed by atoms with Gasteiger partial charge in [-0.25, -0.2) is 9.78 Å². The van der Waals surface area contributed by atoms with E-state index in [2.05, 4.69) is 17.2 Å². The Hall–Kier alpha value is -1.88. The van der Waals surface area contributed by atoms with Crippen LogP contribution in [-0.4, -0.2) is 23.0 Å². The van der Waals surface area contributed by atoms with Crippen LogP contribution in [0.3, 0.4) is 0 Å². The third kappa shape index (κ3) is 3.57. The number of benzene rings is 1. The van der Waals surface area contributed by atoms with Gasteiger partial charge in [0.2, 0.25) is 0 Å². The van der Waals surface area contributed by atoms with E-state index in [4.69, 9.17) is 0 Å². The van der Waals surface area contributed by atoms with Gasteiger partial charge in [0.05, 0.1) is 17.2 Å². The number of para-hydroxylation sites is 1. The number of nitrogens with one attached hydrogen (secondary N) is 1. The molecule has 0 saturated carbocycles. The molecule has 0 fully saturated rings. The molecule has 5 heteroatoms. The number of hydrogen-bond donors (Lipinski definition) is 1. The van der Waals surface area contributed by atoms with E-state index in [-0.39, 0.29) is 6.03 Å². The van der Waals surface area contributed by atoms with E-state index in [1.807, 2.05) is 36.6 Å². The zero-order valence-electron chi connectivity index (χ0n) is 12.0. The fourth-order valence-electron chi connectivity index (χ4n) is 1.96. The summed E-state index contributed by atoms with van der Waals surface area (Å²) in [5.41, 5.74) is 2.94. The number of carbonyl (C=O) groups excluding carboxylic acids is 1. The number of nitrogens with zero attached hydrogens (tertiary/aromatic N) is 2. The van der Waals surface area contributed by atoms with Crippen LogP contribution < -0.4 is 5.32 Å². The van der Waals surface area contributed by atoms with Crippen LogP contribution >= 0.6 is 11.3 Å². The van der Waals surface area contributed by atoms with Crippen LogP contribution in [0.5, 0.6) is 0 Å². The summed E-state index contributed by atoms with van der Waals surface area (Å²) in [5.74, 6) is 0. The summed E-state index contributed by atoms with van der Waals surface area (Å²) < 4.78 is 0. The molecule has 0 spiro atoms. The second-order valence-electron chi connectivity index (χ2n) is 4.65. The molecule has 0 unspecified atom stereocenters. The van der Waals surface area contributed by atoms with Gasteiger partial charge in [-0.3, -0.25) is 0 Å². The van der Waals surface area contributed by atoms with E-state index in [1.54, 1.807) is 23.3 Å². The number of rotatable bonds is 4. The molecule has 1 heterocycles. The molecule has 1 aromatic carbocycles. The van der Waals surface area contributed by atoms with Crippen LogP contribution in [0.15, 0.2) is 29.6 Å². The molecule has 0 aliphatic carbocycles. The number of carbonyl (C=O) groups is 1. The predicted octanol–water partition coefficient (Wildman–Crippen LogP) is 3.68. The highest BCUT2D eigenvalue weighted by molar-refractivity contribution is 7.09. The first-order valence-electron chi connectivity index (χ1n) is 6.61. The maximum atomic E-state index is 12.2. The third-order valence-electron chi connectivity index (χ3n) is 3.05. The average molecular weight is 289 g/mol. The lowest BCUT2D eigenvalue weighted by molar-refractivity contribution is 0.220. The monoisotopic (exact) mass is 289 g/mol. The van der Waals surface area contributed by atoms with Gasteiger partial charge in [-0.15, -0.1) is 11.3 Å². The zero-order chi connectivity index (χ0) is 14.5. The van der Waals surface area contributed by atoms with Gasteiger partial charge in [0, 0.05) is 18.1 Å². The SMILES string of the molecule is CCc1ccccc1NC(=O)N(C)Cc1csc(C)n1. The van der Waals surface area contributed by atoms with Gasteiger partial charge in [-0.1, -0.05) is 25.1 Å². The topological polar surface area (TPSA) is 45.2 Å². The van der Waals surface area contributed by atoms with Crippen molar-refractivity contribution in [1.82, 2.24) is 9.88 Å². The molecule has 0 radical (unpaired) electrons. The van der Waals surface area contributed by atoms with Crippen molar-refractivity contribution in [2.45, 2.75) is 26.8 Å². The number of aromatic nitrogens is 1. The van der Waals surface area contributed by atoms with Gasteiger partial charge in [-0.2, -0.15) is 0 Å². The Morgan fingerprint density at radius 3 is 2.80 bits per heavy atom. The van der Waals surface area contributed by atoms with Gasteiger partial charge >= 0.3 is 6.03 Å². The Kier molecular flexibility index (Phi) is 4.74. The molecule has 0 bridgehead atoms. The molecule has 106 valence electrons. The van der Waals surface area contributed by atoms with E-state index < -0.39 is 0 Å². The number of urea groups is 1. The predicted molar refractivity (Wildman–Crippen MR) is 83.2 cm³/mol. The van der Waals surface area contributed by atoms with Crippen molar-refractivity contribution in [3.63, 3.8) is 0 Å². The molecule has 1 N–H and O–H groups in total. The summed E-state index contributed by atoms with van der Waals surface area (Å²) in [7, 11) is 1.78. The molecule has 2 amide bonds. The van der Waals surface area contributed by atoms with Crippen LogP contribution in [0.25, 0.3) is 0 Å². The summed E-state index contributed by atoms with van der Waals surface area (Å²) in [6.45, 7) is 4.56. The molecular formula is C15H19N3OS. The molecule has 1 aromatic heterocycles. The van der Waals surface area contributed by atoms with E-state index in [9.17, 15) is 4.79 Å². The van der Waals surface area contributed by atoms with Gasteiger partial charge in [0.25, 0.3) is 0 Å². The van der Waals surface area contributed by atoms with Crippen molar-refractivity contribution in [3.05, 3.63) is 45.9 Å². The second-order valence-corrected chi connectivity index (χ2v) is 5.72. The normalized spacial score (nSPS) is 10.3. The Labute approximate surface area is 123 Å². The van der Waals surface area contributed by atoms with E-state index >= 15 is 0 Å². The molecule has 20 heavy (non-hydrogen) atoms. The minimum absolute atomic E-state index is 0.114. The Bertz CT molecular complexity index is 594. The van der Waals surface area contributed by atoms with E-state index in [1.165, 1.54) is 0 Å². The van der Waals surface area contributed by atoms with Crippen LogP contribution in [-0.2, 0) is 13.0 Å². The summed E-state index contributed by atoms with van der Waals surface area (Å²) in [4.78, 5) is 18.2. The fraction of sp³-hybridized carbons (Fsp3) is 0.333. The molecular weight excluding hydrogens is 270 g/mol. The van der Waals surface area contributed by atoms with Crippen molar-refractivity contribution in [1.29, 1.82) is 0 Å². The first-order chi connectivity index (χ1) is 9.60. The number of amides is 2. The summed E-state index contributed by atoms with van der Waals surface area (Å²) in [6, 6.07) is 7.75. The van der Waals surface area contributed by atoms with Crippen molar-refractivity contribution in [2.75, 3.05) is 12.4 Å². The smallest absolute Gasteiger partial charge is 0.321 e. The van der Waals surface area contributed by atoms with E-state index in [0.29, 0.717) is 6.54 Å². The number of aryl methyl sites for hydroxylation is 2. The van der Waals surface area contributed by atoms with Crippen molar-refractivity contribution in [3.8, 4) is 0 Å². The van der Waals surface area contributed by atoms with Gasteiger partial charge < -0.3 is 10.2 Å². The Morgan fingerprint density at radius 2 is 2.15 bits per heavy atom. The highest BCUT2D eigenvalue weighted by Crippen LogP contribution is 2.16. The van der Waals surface area contributed by atoms with Crippen LogP contribution in [0.4, 0.5) is 10.5 Å². The third-order valence-corrected chi connectivity index (χ3v) is 3.87. The lowest BCUT2D eigenvalue weighted by atomic mass is 10.1. The second kappa shape index (κ2) is 6.52. The quantitative estimate of drug-likeness (QED) is 0.933. The lowest BCUT2D eigenvalue weighted by Gasteiger charge is -2.18. The van der Waals surface area contributed by atoms with Gasteiger partial charge in [0.15, 0.2) is 0 Å². The Morgan fingerprint density at radius 1 is 1.40 bits per heavy atom. The fourth-order valence-corrected chi connectivity index (χ4v) is 2.56. The highest BCUT2D eigenvalue weighted by atomic mass is 32.1. The largest absolute Gasteiger partial charge is 0.322 e. The lowest BCUT2D eigenvalue weighted by Crippen LogP contribution is -2.31. The highest BCUT2D eigenvalue weighted by Gasteiger charge is 2.12. The minimum atomic E-state index is -0.114. The standard InChI is InChI=1S/C15H19N3OS/c1-4-12-7-5-6-8-14(12)17-15(19)18(3)9-13-10-20-11(2)16-13/h5-8,10H,4,9H2,1-3H3,(H,17,19). The first kappa shape index (κ1) is 14.5. The molecule has 0 atom stereocenters. The zero-order valence-corrected chi connectivity index (χ0v) is 12.8. The number of anilines is 1. The number of thiazole rings is 1. The molecule has 0 aliphatic rings. The van der Waals surface area contributed by atoms with Crippen LogP contribution in [0.2, 0.25) is 0 Å². The van der Waals surface area contributed by atoms with Crippen LogP contribution in [0.1, 0.15) is 23.2 Å². The maximum Gasteiger partial charge on any atom is 0.321 e. The summed E-state index contributed by atoms with van der Waals surface area (Å²) in [5, 5.41) is 5.95. The molecule has 2 rings (SSSR count). The Balaban J connectivity index is 2.00. The molecule has 2 aromatic rings. The summed E-state index contributed by atoms with van der Waals surface area (Å²) in [6.07, 6.45) is 0.894. The molecule has 4 nitrogen and oxygen atoms in total. The van der Waals surface area contributed by atoms with Crippen LogP contribution in [0, 0.1) is 6.92 Å². The van der Waals surface area contributed by atoms with Crippen molar-refractivity contribution >= 4 is 23.1 Å². The van der Waals surface area contributed by atoms with Crippen molar-refractivity contribution < 1.29 is 4.79 Å². The minimum Gasteiger partial charge on any atom is -0.322 e. The van der Waals surface area contributed by atoms with Crippen molar-refractivity contribution in [2.24, 2.45) is 0 Å². The average Bonchev–Trinajstić information content (AvgIpc) is 2.84. The molecule has 0 saturated heterocycles. The first-order valence-corrected chi connectivity index (χ1v) is 7.49. The van der Waals surface area contributed by atoms with Gasteiger partial charge in [0.1, 0.15) is 0 Å². The number of hydrogen-bond acceptors (Lipinski definition) is 3. The maximum absolute atomic E-state index is 12.2. The molecule has 0 aliphatic heterocycles.